The summed E-state index contributed by atoms with van der Waals surface area (Å²) in [6.45, 7) is 0.574. The molecule has 1 amide bonds. The van der Waals surface area contributed by atoms with Crippen molar-refractivity contribution in [3.05, 3.63) is 47.8 Å². The first-order valence-corrected chi connectivity index (χ1v) is 7.20. The second-order valence-corrected chi connectivity index (χ2v) is 5.06. The highest BCUT2D eigenvalue weighted by Gasteiger charge is 2.19. The highest BCUT2D eigenvalue weighted by molar-refractivity contribution is 5.85. The Morgan fingerprint density at radius 1 is 1.43 bits per heavy atom. The quantitative estimate of drug-likeness (QED) is 0.802. The van der Waals surface area contributed by atoms with Crippen LogP contribution in [0.2, 0.25) is 0 Å². The fraction of sp³-hybridized carbons (Fsp3) is 0.375. The Bertz CT molecular complexity index is 630. The van der Waals surface area contributed by atoms with E-state index in [0.717, 1.165) is 23.3 Å². The molecule has 0 spiro atoms. The first-order valence-electron chi connectivity index (χ1n) is 7.20. The Kier molecular flexibility index (Phi) is 7.57. The maximum absolute atomic E-state index is 12.3. The number of methoxy groups -OCH3 is 1. The van der Waals surface area contributed by atoms with E-state index in [4.69, 9.17) is 4.74 Å². The molecule has 1 unspecified atom stereocenters. The summed E-state index contributed by atoms with van der Waals surface area (Å²) in [6, 6.07) is 7.46. The minimum Gasteiger partial charge on any atom is -0.497 e. The van der Waals surface area contributed by atoms with E-state index in [2.05, 4.69) is 15.7 Å². The van der Waals surface area contributed by atoms with Crippen LogP contribution in [0.5, 0.6) is 5.75 Å². The first kappa shape index (κ1) is 19.0. The number of halogens is 1. The van der Waals surface area contributed by atoms with Gasteiger partial charge >= 0.3 is 0 Å². The van der Waals surface area contributed by atoms with Gasteiger partial charge in [-0.05, 0) is 31.2 Å². The van der Waals surface area contributed by atoms with Crippen LogP contribution in [0.4, 0.5) is 0 Å². The normalized spacial score (nSPS) is 11.4. The van der Waals surface area contributed by atoms with Crippen LogP contribution >= 0.6 is 12.4 Å². The van der Waals surface area contributed by atoms with Crippen molar-refractivity contribution < 1.29 is 9.53 Å². The van der Waals surface area contributed by atoms with Crippen LogP contribution in [0.3, 0.4) is 0 Å². The van der Waals surface area contributed by atoms with Crippen LogP contribution in [0.25, 0.3) is 0 Å². The first-order chi connectivity index (χ1) is 10.6. The minimum atomic E-state index is -0.390. The van der Waals surface area contributed by atoms with E-state index in [1.165, 1.54) is 0 Å². The minimum absolute atomic E-state index is 0. The zero-order chi connectivity index (χ0) is 15.9. The fourth-order valence-corrected chi connectivity index (χ4v) is 2.30. The number of carbonyl (C=O) groups excluding carboxylic acids is 1. The molecule has 0 aliphatic heterocycles. The Labute approximate surface area is 142 Å². The van der Waals surface area contributed by atoms with Gasteiger partial charge in [-0.1, -0.05) is 12.1 Å². The number of hydrogen-bond acceptors (Lipinski definition) is 4. The number of nitrogens with one attached hydrogen (secondary N) is 2. The van der Waals surface area contributed by atoms with Crippen LogP contribution in [0.1, 0.15) is 17.2 Å². The van der Waals surface area contributed by atoms with E-state index >= 15 is 0 Å². The molecule has 0 fully saturated rings. The number of aromatic nitrogens is 2. The van der Waals surface area contributed by atoms with Crippen molar-refractivity contribution >= 4 is 18.3 Å². The van der Waals surface area contributed by atoms with Crippen LogP contribution in [0.15, 0.2) is 36.7 Å². The Morgan fingerprint density at radius 2 is 2.22 bits per heavy atom. The van der Waals surface area contributed by atoms with E-state index < -0.39 is 0 Å². The lowest BCUT2D eigenvalue weighted by Crippen LogP contribution is -2.36. The number of carbonyl (C=O) groups is 1. The Hall–Kier alpha value is -2.05. The highest BCUT2D eigenvalue weighted by Crippen LogP contribution is 2.13. The van der Waals surface area contributed by atoms with Gasteiger partial charge in [0.05, 0.1) is 13.3 Å². The molecule has 0 aliphatic rings. The van der Waals surface area contributed by atoms with Crippen molar-refractivity contribution in [3.8, 4) is 5.75 Å². The number of rotatable bonds is 7. The highest BCUT2D eigenvalue weighted by atomic mass is 35.5. The van der Waals surface area contributed by atoms with Gasteiger partial charge in [0.2, 0.25) is 5.91 Å². The lowest BCUT2D eigenvalue weighted by atomic mass is 10.1. The molecular formula is C16H23ClN4O2. The van der Waals surface area contributed by atoms with Gasteiger partial charge in [0.15, 0.2) is 0 Å². The number of ether oxygens (including phenoxy) is 1. The average molecular weight is 339 g/mol. The van der Waals surface area contributed by atoms with Gasteiger partial charge in [-0.25, -0.2) is 0 Å². The Morgan fingerprint density at radius 3 is 2.83 bits per heavy atom. The monoisotopic (exact) mass is 338 g/mol. The molecule has 23 heavy (non-hydrogen) atoms. The molecule has 2 aromatic rings. The van der Waals surface area contributed by atoms with Gasteiger partial charge in [0.1, 0.15) is 11.8 Å². The average Bonchev–Trinajstić information content (AvgIpc) is 2.94. The number of benzene rings is 1. The van der Waals surface area contributed by atoms with E-state index in [1.54, 1.807) is 25.0 Å². The number of likely N-dealkylation sites (N-methyl/N-ethyl adjacent to an activating group) is 1. The standard InChI is InChI=1S/C16H22N4O2.ClH/c1-17-15(13-10-19-20(2)11-13)16(21)18-8-7-12-5-4-6-14(9-12)22-3;/h4-6,9-11,15,17H,7-8H2,1-3H3,(H,18,21);1H. The van der Waals surface area contributed by atoms with Crippen molar-refractivity contribution in [1.82, 2.24) is 20.4 Å². The summed E-state index contributed by atoms with van der Waals surface area (Å²) >= 11 is 0. The predicted molar refractivity (Wildman–Crippen MR) is 92.0 cm³/mol. The van der Waals surface area contributed by atoms with Gasteiger partial charge in [-0.15, -0.1) is 12.4 Å². The van der Waals surface area contributed by atoms with Crippen molar-refractivity contribution in [2.45, 2.75) is 12.5 Å². The number of aryl methyl sites for hydroxylation is 1. The lowest BCUT2D eigenvalue weighted by Gasteiger charge is -2.14. The summed E-state index contributed by atoms with van der Waals surface area (Å²) in [5, 5.41) is 10.1. The third-order valence-corrected chi connectivity index (χ3v) is 3.46. The molecule has 0 saturated carbocycles. The molecule has 2 rings (SSSR count). The molecule has 0 aliphatic carbocycles. The maximum atomic E-state index is 12.3. The predicted octanol–water partition coefficient (Wildman–Crippen LogP) is 1.47. The SMILES string of the molecule is CNC(C(=O)NCCc1cccc(OC)c1)c1cnn(C)c1.Cl. The molecule has 0 radical (unpaired) electrons. The third kappa shape index (κ3) is 5.26. The zero-order valence-corrected chi connectivity index (χ0v) is 14.4. The van der Waals surface area contributed by atoms with E-state index in [0.29, 0.717) is 6.54 Å². The van der Waals surface area contributed by atoms with Crippen molar-refractivity contribution in [2.75, 3.05) is 20.7 Å². The summed E-state index contributed by atoms with van der Waals surface area (Å²) in [6.07, 6.45) is 4.29. The molecule has 2 N–H and O–H groups in total. The van der Waals surface area contributed by atoms with Crippen molar-refractivity contribution in [2.24, 2.45) is 7.05 Å². The summed E-state index contributed by atoms with van der Waals surface area (Å²) < 4.78 is 6.88. The molecule has 1 atom stereocenters. The van der Waals surface area contributed by atoms with Crippen LogP contribution in [0, 0.1) is 0 Å². The van der Waals surface area contributed by atoms with E-state index in [1.807, 2.05) is 37.5 Å². The van der Waals surface area contributed by atoms with Gasteiger partial charge < -0.3 is 15.4 Å². The number of nitrogens with zero attached hydrogens (tertiary/aromatic N) is 2. The molecule has 1 aromatic heterocycles. The van der Waals surface area contributed by atoms with E-state index in [9.17, 15) is 4.79 Å². The second kappa shape index (κ2) is 9.17. The van der Waals surface area contributed by atoms with Gasteiger partial charge in [-0.2, -0.15) is 5.10 Å². The fourth-order valence-electron chi connectivity index (χ4n) is 2.30. The zero-order valence-electron chi connectivity index (χ0n) is 13.6. The molecule has 126 valence electrons. The van der Waals surface area contributed by atoms with Gasteiger partial charge in [0, 0.05) is 25.4 Å². The molecule has 1 aromatic carbocycles. The Balaban J connectivity index is 0.00000264. The van der Waals surface area contributed by atoms with Crippen LogP contribution in [-0.2, 0) is 18.3 Å². The molecule has 0 bridgehead atoms. The molecule has 0 saturated heterocycles. The molecule has 6 nitrogen and oxygen atoms in total. The molecular weight excluding hydrogens is 316 g/mol. The summed E-state index contributed by atoms with van der Waals surface area (Å²) in [4.78, 5) is 12.3. The lowest BCUT2D eigenvalue weighted by molar-refractivity contribution is -0.123. The maximum Gasteiger partial charge on any atom is 0.241 e. The number of amides is 1. The van der Waals surface area contributed by atoms with Crippen LogP contribution < -0.4 is 15.4 Å². The van der Waals surface area contributed by atoms with Gasteiger partial charge in [-0.3, -0.25) is 9.48 Å². The summed E-state index contributed by atoms with van der Waals surface area (Å²) in [7, 11) is 5.24. The largest absolute Gasteiger partial charge is 0.497 e. The third-order valence-electron chi connectivity index (χ3n) is 3.46. The molecule has 1 heterocycles. The smallest absolute Gasteiger partial charge is 0.241 e. The van der Waals surface area contributed by atoms with E-state index in [-0.39, 0.29) is 24.4 Å². The van der Waals surface area contributed by atoms with Crippen molar-refractivity contribution in [1.29, 1.82) is 0 Å². The van der Waals surface area contributed by atoms with Crippen molar-refractivity contribution in [3.63, 3.8) is 0 Å². The molecule has 7 heteroatoms. The summed E-state index contributed by atoms with van der Waals surface area (Å²) in [5.41, 5.74) is 1.98. The summed E-state index contributed by atoms with van der Waals surface area (Å²) in [5.74, 6) is 0.769. The van der Waals surface area contributed by atoms with Crippen LogP contribution in [-0.4, -0.2) is 36.4 Å². The topological polar surface area (TPSA) is 68.2 Å². The van der Waals surface area contributed by atoms with Gasteiger partial charge in [0.25, 0.3) is 0 Å². The number of hydrogen-bond donors (Lipinski definition) is 2. The second-order valence-electron chi connectivity index (χ2n) is 5.06.